The topological polar surface area (TPSA) is 134 Å². The first-order chi connectivity index (χ1) is 17.9. The lowest BCUT2D eigenvalue weighted by atomic mass is 10.2. The van der Waals surface area contributed by atoms with E-state index in [4.69, 9.17) is 4.74 Å². The Morgan fingerprint density at radius 3 is 2.68 bits per heavy atom. The molecule has 0 saturated carbocycles. The average Bonchev–Trinajstić information content (AvgIpc) is 3.42. The Hall–Kier alpha value is -3.93. The van der Waals surface area contributed by atoms with Crippen molar-refractivity contribution in [2.75, 3.05) is 32.1 Å². The van der Waals surface area contributed by atoms with Gasteiger partial charge >= 0.3 is 0 Å². The molecule has 2 aromatic rings. The smallest absolute Gasteiger partial charge is 0.296 e. The number of carbonyl (C=O) groups is 3. The van der Waals surface area contributed by atoms with Crippen molar-refractivity contribution in [3.8, 4) is 5.75 Å². The first kappa shape index (κ1) is 26.1. The number of amides is 3. The number of hydrogen-bond donors (Lipinski definition) is 1. The van der Waals surface area contributed by atoms with Crippen LogP contribution in [-0.4, -0.2) is 69.6 Å². The highest BCUT2D eigenvalue weighted by Crippen LogP contribution is 2.33. The van der Waals surface area contributed by atoms with Crippen LogP contribution in [0, 0.1) is 10.1 Å². The standard InChI is InChI=1S/C25H27N5O6S/c1-36-18-10-11-19(20(15-18)30(34)35)27-22(31)16-21-24(33)29(14-6-13-28-12-5-9-23(28)32)25(37-21)26-17-7-3-2-4-8-17/h2-4,7-8,10-11,15,21H,5-6,9,12-14,16H2,1H3,(H,27,31)/t21-/m0/s1. The van der Waals surface area contributed by atoms with E-state index in [0.717, 1.165) is 13.0 Å². The highest BCUT2D eigenvalue weighted by Gasteiger charge is 2.39. The van der Waals surface area contributed by atoms with Gasteiger partial charge in [-0.15, -0.1) is 0 Å². The van der Waals surface area contributed by atoms with E-state index < -0.39 is 16.1 Å². The van der Waals surface area contributed by atoms with Crippen molar-refractivity contribution in [1.82, 2.24) is 9.80 Å². The Kier molecular flexibility index (Phi) is 8.39. The van der Waals surface area contributed by atoms with Crippen LogP contribution in [0.3, 0.4) is 0 Å². The Morgan fingerprint density at radius 1 is 1.22 bits per heavy atom. The quantitative estimate of drug-likeness (QED) is 0.370. The van der Waals surface area contributed by atoms with Gasteiger partial charge in [0.15, 0.2) is 5.17 Å². The van der Waals surface area contributed by atoms with Crippen molar-refractivity contribution in [3.63, 3.8) is 0 Å². The summed E-state index contributed by atoms with van der Waals surface area (Å²) in [6, 6.07) is 13.3. The van der Waals surface area contributed by atoms with E-state index in [2.05, 4.69) is 10.3 Å². The molecule has 0 aliphatic carbocycles. The summed E-state index contributed by atoms with van der Waals surface area (Å²) in [4.78, 5) is 56.8. The highest BCUT2D eigenvalue weighted by atomic mass is 32.2. The van der Waals surface area contributed by atoms with E-state index in [0.29, 0.717) is 42.5 Å². The minimum Gasteiger partial charge on any atom is -0.496 e. The van der Waals surface area contributed by atoms with Crippen LogP contribution in [0.1, 0.15) is 25.7 Å². The molecular formula is C25H27N5O6S. The SMILES string of the molecule is COc1ccc(NC(=O)C[C@@H]2SC(=Nc3ccccc3)N(CCCN3CCCC3=O)C2=O)c([N+](=O)[O-])c1. The Labute approximate surface area is 218 Å². The third kappa shape index (κ3) is 6.45. The lowest BCUT2D eigenvalue weighted by Crippen LogP contribution is -2.36. The number of ether oxygens (including phenoxy) is 1. The number of rotatable bonds is 10. The van der Waals surface area contributed by atoms with Gasteiger partial charge in [-0.3, -0.25) is 29.4 Å². The molecule has 0 spiro atoms. The van der Waals surface area contributed by atoms with E-state index in [1.54, 1.807) is 9.80 Å². The predicted molar refractivity (Wildman–Crippen MR) is 140 cm³/mol. The number of carbonyl (C=O) groups excluding carboxylic acids is 3. The molecule has 2 aromatic carbocycles. The van der Waals surface area contributed by atoms with Gasteiger partial charge in [0.1, 0.15) is 16.7 Å². The third-order valence-electron chi connectivity index (χ3n) is 6.03. The van der Waals surface area contributed by atoms with Gasteiger partial charge in [-0.1, -0.05) is 30.0 Å². The molecule has 1 N–H and O–H groups in total. The number of aliphatic imine (C=N–C) groups is 1. The second-order valence-corrected chi connectivity index (χ2v) is 9.73. The summed E-state index contributed by atoms with van der Waals surface area (Å²) >= 11 is 1.19. The zero-order valence-electron chi connectivity index (χ0n) is 20.3. The van der Waals surface area contributed by atoms with Gasteiger partial charge in [0.25, 0.3) is 5.69 Å². The van der Waals surface area contributed by atoms with Crippen molar-refractivity contribution in [2.45, 2.75) is 30.9 Å². The molecule has 0 radical (unpaired) electrons. The number of benzene rings is 2. The number of thioether (sulfide) groups is 1. The number of nitrogens with one attached hydrogen (secondary N) is 1. The second kappa shape index (κ2) is 11.9. The monoisotopic (exact) mass is 525 g/mol. The molecule has 0 aromatic heterocycles. The number of nitro groups is 1. The molecule has 4 rings (SSSR count). The number of para-hydroxylation sites is 1. The number of hydrogen-bond acceptors (Lipinski definition) is 8. The van der Waals surface area contributed by atoms with Crippen molar-refractivity contribution in [2.24, 2.45) is 4.99 Å². The fourth-order valence-corrected chi connectivity index (χ4v) is 5.35. The highest BCUT2D eigenvalue weighted by molar-refractivity contribution is 8.15. The second-order valence-electron chi connectivity index (χ2n) is 8.56. The van der Waals surface area contributed by atoms with Crippen LogP contribution in [0.25, 0.3) is 0 Å². The zero-order valence-corrected chi connectivity index (χ0v) is 21.1. The van der Waals surface area contributed by atoms with Crippen molar-refractivity contribution in [3.05, 3.63) is 58.6 Å². The van der Waals surface area contributed by atoms with Crippen LogP contribution in [0.2, 0.25) is 0 Å². The van der Waals surface area contributed by atoms with Crippen molar-refractivity contribution in [1.29, 1.82) is 0 Å². The summed E-state index contributed by atoms with van der Waals surface area (Å²) in [6.07, 6.45) is 1.81. The van der Waals surface area contributed by atoms with Crippen LogP contribution in [-0.2, 0) is 14.4 Å². The van der Waals surface area contributed by atoms with E-state index in [-0.39, 0.29) is 29.6 Å². The van der Waals surface area contributed by atoms with E-state index in [1.165, 1.54) is 37.1 Å². The van der Waals surface area contributed by atoms with E-state index in [1.807, 2.05) is 30.3 Å². The molecule has 2 aliphatic rings. The average molecular weight is 526 g/mol. The number of anilines is 1. The summed E-state index contributed by atoms with van der Waals surface area (Å²) in [5.74, 6) is -0.365. The number of nitrogens with zero attached hydrogens (tertiary/aromatic N) is 4. The van der Waals surface area contributed by atoms with Crippen molar-refractivity contribution >= 4 is 51.7 Å². The van der Waals surface area contributed by atoms with Crippen LogP contribution in [0.15, 0.2) is 53.5 Å². The Bertz CT molecular complexity index is 1220. The minimum absolute atomic E-state index is 0.0246. The molecule has 11 nitrogen and oxygen atoms in total. The van der Waals surface area contributed by atoms with Crippen LogP contribution < -0.4 is 10.1 Å². The summed E-state index contributed by atoms with van der Waals surface area (Å²) < 4.78 is 5.02. The van der Waals surface area contributed by atoms with E-state index >= 15 is 0 Å². The molecule has 0 bridgehead atoms. The van der Waals surface area contributed by atoms with Gasteiger partial charge in [0, 0.05) is 32.5 Å². The summed E-state index contributed by atoms with van der Waals surface area (Å²) in [5.41, 5.74) is 0.399. The predicted octanol–water partition coefficient (Wildman–Crippen LogP) is 3.58. The lowest BCUT2D eigenvalue weighted by Gasteiger charge is -2.20. The van der Waals surface area contributed by atoms with Gasteiger partial charge in [0.05, 0.1) is 23.8 Å². The maximum atomic E-state index is 13.3. The molecule has 1 atom stereocenters. The number of nitro benzene ring substituents is 1. The molecule has 3 amide bonds. The summed E-state index contributed by atoms with van der Waals surface area (Å²) in [6.45, 7) is 1.65. The lowest BCUT2D eigenvalue weighted by molar-refractivity contribution is -0.384. The molecule has 37 heavy (non-hydrogen) atoms. The van der Waals surface area contributed by atoms with Gasteiger partial charge < -0.3 is 15.0 Å². The zero-order chi connectivity index (χ0) is 26.4. The minimum atomic E-state index is -0.729. The van der Waals surface area contributed by atoms with Crippen molar-refractivity contribution < 1.29 is 24.0 Å². The molecule has 2 saturated heterocycles. The maximum Gasteiger partial charge on any atom is 0.296 e. The Balaban J connectivity index is 1.46. The fourth-order valence-electron chi connectivity index (χ4n) is 4.17. The maximum absolute atomic E-state index is 13.3. The molecular weight excluding hydrogens is 498 g/mol. The normalized spacial score (nSPS) is 18.5. The first-order valence-corrected chi connectivity index (χ1v) is 12.8. The molecule has 12 heteroatoms. The summed E-state index contributed by atoms with van der Waals surface area (Å²) in [7, 11) is 1.39. The largest absolute Gasteiger partial charge is 0.496 e. The third-order valence-corrected chi connectivity index (χ3v) is 7.20. The summed E-state index contributed by atoms with van der Waals surface area (Å²) in [5, 5.41) is 13.7. The van der Waals surface area contributed by atoms with Gasteiger partial charge in [-0.25, -0.2) is 4.99 Å². The van der Waals surface area contributed by atoms with Crippen LogP contribution >= 0.6 is 11.8 Å². The molecule has 2 aliphatic heterocycles. The van der Waals surface area contributed by atoms with Gasteiger partial charge in [0.2, 0.25) is 17.7 Å². The molecule has 2 fully saturated rings. The fraction of sp³-hybridized carbons (Fsp3) is 0.360. The first-order valence-electron chi connectivity index (χ1n) is 11.9. The molecule has 194 valence electrons. The number of methoxy groups -OCH3 is 1. The number of likely N-dealkylation sites (tertiary alicyclic amines) is 1. The molecule has 2 heterocycles. The van der Waals surface area contributed by atoms with Crippen LogP contribution in [0.5, 0.6) is 5.75 Å². The Morgan fingerprint density at radius 2 is 2.00 bits per heavy atom. The van der Waals surface area contributed by atoms with Gasteiger partial charge in [-0.2, -0.15) is 0 Å². The van der Waals surface area contributed by atoms with E-state index in [9.17, 15) is 24.5 Å². The van der Waals surface area contributed by atoms with Gasteiger partial charge in [-0.05, 0) is 37.1 Å². The van der Waals surface area contributed by atoms with Crippen LogP contribution in [0.4, 0.5) is 17.1 Å². The molecule has 0 unspecified atom stereocenters. The number of amidine groups is 1.